The fraction of sp³-hybridized carbons (Fsp3) is 0.682. The average molecular weight is 359 g/mol. The highest BCUT2D eigenvalue weighted by Gasteiger charge is 2.28. The number of piperidine rings is 2. The molecule has 2 heterocycles. The number of hydrogen-bond acceptors (Lipinski definition) is 3. The maximum Gasteiger partial charge on any atom is 0.254 e. The van der Waals surface area contributed by atoms with Gasteiger partial charge in [0, 0.05) is 24.7 Å². The minimum absolute atomic E-state index is 0.176. The van der Waals surface area contributed by atoms with E-state index < -0.39 is 0 Å². The SMILES string of the molecule is CCCOc1cccc(C(=O)N2CCCC[C@H]2CCN2CCCCC2)c1. The van der Waals surface area contributed by atoms with Crippen molar-refractivity contribution in [2.45, 2.75) is 64.3 Å². The van der Waals surface area contributed by atoms with Crippen LogP contribution in [0.4, 0.5) is 0 Å². The van der Waals surface area contributed by atoms with E-state index in [1.807, 2.05) is 24.3 Å². The van der Waals surface area contributed by atoms with Gasteiger partial charge in [0.05, 0.1) is 6.61 Å². The molecule has 2 aliphatic rings. The van der Waals surface area contributed by atoms with Crippen LogP contribution < -0.4 is 4.74 Å². The largest absolute Gasteiger partial charge is 0.494 e. The monoisotopic (exact) mass is 358 g/mol. The van der Waals surface area contributed by atoms with Crippen molar-refractivity contribution in [3.8, 4) is 5.75 Å². The molecule has 0 unspecified atom stereocenters. The third-order valence-electron chi connectivity index (χ3n) is 5.67. The Morgan fingerprint density at radius 1 is 1.12 bits per heavy atom. The summed E-state index contributed by atoms with van der Waals surface area (Å²) in [4.78, 5) is 17.9. The molecule has 1 aromatic carbocycles. The van der Waals surface area contributed by atoms with E-state index in [4.69, 9.17) is 4.74 Å². The average Bonchev–Trinajstić information content (AvgIpc) is 2.71. The van der Waals surface area contributed by atoms with Crippen molar-refractivity contribution in [1.82, 2.24) is 9.80 Å². The molecular formula is C22H34N2O2. The number of carbonyl (C=O) groups excluding carboxylic acids is 1. The first kappa shape index (κ1) is 19.2. The number of hydrogen-bond donors (Lipinski definition) is 0. The number of carbonyl (C=O) groups is 1. The summed E-state index contributed by atoms with van der Waals surface area (Å²) in [5.41, 5.74) is 0.767. The fourth-order valence-electron chi connectivity index (χ4n) is 4.19. The number of benzene rings is 1. The van der Waals surface area contributed by atoms with Crippen LogP contribution in [0.1, 0.15) is 68.6 Å². The number of ether oxygens (including phenoxy) is 1. The van der Waals surface area contributed by atoms with Crippen LogP contribution in [0.5, 0.6) is 5.75 Å². The van der Waals surface area contributed by atoms with E-state index in [0.29, 0.717) is 12.6 Å². The molecule has 144 valence electrons. The summed E-state index contributed by atoms with van der Waals surface area (Å²) in [6, 6.07) is 8.10. The normalized spacial score (nSPS) is 21.6. The molecule has 0 N–H and O–H groups in total. The molecular weight excluding hydrogens is 324 g/mol. The lowest BCUT2D eigenvalue weighted by atomic mass is 9.97. The zero-order chi connectivity index (χ0) is 18.2. The summed E-state index contributed by atoms with van der Waals surface area (Å²) in [5.74, 6) is 0.981. The summed E-state index contributed by atoms with van der Waals surface area (Å²) >= 11 is 0. The van der Waals surface area contributed by atoms with Gasteiger partial charge in [-0.3, -0.25) is 4.79 Å². The second-order valence-corrected chi connectivity index (χ2v) is 7.72. The van der Waals surface area contributed by atoms with E-state index in [1.165, 1.54) is 38.8 Å². The van der Waals surface area contributed by atoms with E-state index in [2.05, 4.69) is 16.7 Å². The Morgan fingerprint density at radius 3 is 2.73 bits per heavy atom. The summed E-state index contributed by atoms with van der Waals surface area (Å²) in [6.45, 7) is 7.28. The summed E-state index contributed by atoms with van der Waals surface area (Å²) < 4.78 is 5.71. The first-order valence-corrected chi connectivity index (χ1v) is 10.5. The van der Waals surface area contributed by atoms with Gasteiger partial charge < -0.3 is 14.5 Å². The van der Waals surface area contributed by atoms with E-state index in [-0.39, 0.29) is 5.91 Å². The highest BCUT2D eigenvalue weighted by atomic mass is 16.5. The summed E-state index contributed by atoms with van der Waals surface area (Å²) in [7, 11) is 0. The maximum atomic E-state index is 13.1. The topological polar surface area (TPSA) is 32.8 Å². The zero-order valence-corrected chi connectivity index (χ0v) is 16.3. The van der Waals surface area contributed by atoms with Crippen molar-refractivity contribution in [1.29, 1.82) is 0 Å². The standard InChI is InChI=1S/C22H34N2O2/c1-2-17-26-21-11-8-9-19(18-21)22(25)24-15-7-4-10-20(24)12-16-23-13-5-3-6-14-23/h8-9,11,18,20H,2-7,10,12-17H2,1H3/t20-/m0/s1. The number of nitrogens with zero attached hydrogens (tertiary/aromatic N) is 2. The van der Waals surface area contributed by atoms with E-state index in [9.17, 15) is 4.79 Å². The van der Waals surface area contributed by atoms with Crippen LogP contribution in [-0.4, -0.2) is 54.5 Å². The van der Waals surface area contributed by atoms with Crippen molar-refractivity contribution in [2.24, 2.45) is 0 Å². The van der Waals surface area contributed by atoms with Gasteiger partial charge in [0.1, 0.15) is 5.75 Å². The summed E-state index contributed by atoms with van der Waals surface area (Å²) in [6.07, 6.45) is 9.63. The highest BCUT2D eigenvalue weighted by Crippen LogP contribution is 2.24. The highest BCUT2D eigenvalue weighted by molar-refractivity contribution is 5.94. The third kappa shape index (κ3) is 5.23. The van der Waals surface area contributed by atoms with Gasteiger partial charge >= 0.3 is 0 Å². The molecule has 0 bridgehead atoms. The van der Waals surface area contributed by atoms with Crippen LogP contribution in [0.2, 0.25) is 0 Å². The minimum atomic E-state index is 0.176. The van der Waals surface area contributed by atoms with Crippen LogP contribution in [0.25, 0.3) is 0 Å². The lowest BCUT2D eigenvalue weighted by molar-refractivity contribution is 0.0579. The van der Waals surface area contributed by atoms with Crippen LogP contribution in [0.15, 0.2) is 24.3 Å². The van der Waals surface area contributed by atoms with E-state index >= 15 is 0 Å². The van der Waals surface area contributed by atoms with E-state index in [0.717, 1.165) is 50.1 Å². The van der Waals surface area contributed by atoms with Crippen molar-refractivity contribution >= 4 is 5.91 Å². The molecule has 0 aromatic heterocycles. The predicted octanol–water partition coefficient (Wildman–Crippen LogP) is 4.35. The predicted molar refractivity (Wildman–Crippen MR) is 106 cm³/mol. The Morgan fingerprint density at radius 2 is 1.92 bits per heavy atom. The molecule has 26 heavy (non-hydrogen) atoms. The Bertz CT molecular complexity index is 569. The molecule has 1 aromatic rings. The molecule has 0 saturated carbocycles. The van der Waals surface area contributed by atoms with Crippen molar-refractivity contribution in [3.63, 3.8) is 0 Å². The molecule has 0 radical (unpaired) electrons. The molecule has 1 amide bonds. The van der Waals surface area contributed by atoms with Gasteiger partial charge in [-0.2, -0.15) is 0 Å². The van der Waals surface area contributed by atoms with E-state index in [1.54, 1.807) is 0 Å². The van der Waals surface area contributed by atoms with Gasteiger partial charge in [-0.05, 0) is 76.2 Å². The number of amides is 1. The van der Waals surface area contributed by atoms with Gasteiger partial charge in [0.15, 0.2) is 0 Å². The number of likely N-dealkylation sites (tertiary alicyclic amines) is 2. The second kappa shape index (κ2) is 9.96. The van der Waals surface area contributed by atoms with Crippen LogP contribution in [0.3, 0.4) is 0 Å². The quantitative estimate of drug-likeness (QED) is 0.726. The smallest absolute Gasteiger partial charge is 0.254 e. The Hall–Kier alpha value is -1.55. The zero-order valence-electron chi connectivity index (χ0n) is 16.3. The maximum absolute atomic E-state index is 13.1. The first-order valence-electron chi connectivity index (χ1n) is 10.5. The van der Waals surface area contributed by atoms with Crippen LogP contribution >= 0.6 is 0 Å². The van der Waals surface area contributed by atoms with Crippen molar-refractivity contribution in [3.05, 3.63) is 29.8 Å². The van der Waals surface area contributed by atoms with Gasteiger partial charge in [-0.25, -0.2) is 0 Å². The molecule has 4 nitrogen and oxygen atoms in total. The molecule has 2 aliphatic heterocycles. The Balaban J connectivity index is 1.61. The lowest BCUT2D eigenvalue weighted by Gasteiger charge is -2.37. The van der Waals surface area contributed by atoms with Crippen LogP contribution in [-0.2, 0) is 0 Å². The van der Waals surface area contributed by atoms with Crippen LogP contribution in [0, 0.1) is 0 Å². The van der Waals surface area contributed by atoms with Gasteiger partial charge in [0.2, 0.25) is 0 Å². The summed E-state index contributed by atoms with van der Waals surface area (Å²) in [5, 5.41) is 0. The number of rotatable bonds is 7. The molecule has 1 atom stereocenters. The Labute approximate surface area is 158 Å². The first-order chi connectivity index (χ1) is 12.8. The molecule has 2 fully saturated rings. The molecule has 2 saturated heterocycles. The third-order valence-corrected chi connectivity index (χ3v) is 5.67. The lowest BCUT2D eigenvalue weighted by Crippen LogP contribution is -2.45. The Kier molecular flexibility index (Phi) is 7.36. The molecule has 0 aliphatic carbocycles. The van der Waals surface area contributed by atoms with Gasteiger partial charge in [0.25, 0.3) is 5.91 Å². The molecule has 0 spiro atoms. The molecule has 3 rings (SSSR count). The van der Waals surface area contributed by atoms with Crippen molar-refractivity contribution < 1.29 is 9.53 Å². The van der Waals surface area contributed by atoms with Crippen molar-refractivity contribution in [2.75, 3.05) is 32.8 Å². The molecule has 4 heteroatoms. The fourth-order valence-corrected chi connectivity index (χ4v) is 4.19. The van der Waals surface area contributed by atoms with Gasteiger partial charge in [-0.1, -0.05) is 19.4 Å². The van der Waals surface area contributed by atoms with Gasteiger partial charge in [-0.15, -0.1) is 0 Å². The minimum Gasteiger partial charge on any atom is -0.494 e. The second-order valence-electron chi connectivity index (χ2n) is 7.72.